The maximum atomic E-state index is 12.7. The quantitative estimate of drug-likeness (QED) is 0.861. The van der Waals surface area contributed by atoms with Gasteiger partial charge < -0.3 is 15.0 Å². The molecule has 2 aliphatic carbocycles. The van der Waals surface area contributed by atoms with Crippen molar-refractivity contribution in [3.05, 3.63) is 0 Å². The number of hydrogen-bond donors (Lipinski definition) is 1. The van der Waals surface area contributed by atoms with E-state index >= 15 is 0 Å². The molecule has 0 aromatic rings. The summed E-state index contributed by atoms with van der Waals surface area (Å²) >= 11 is 0. The molecule has 3 atom stereocenters. The van der Waals surface area contributed by atoms with Crippen molar-refractivity contribution in [3.8, 4) is 0 Å². The molecule has 2 amide bonds. The first-order valence-electron chi connectivity index (χ1n) is 8.93. The minimum absolute atomic E-state index is 0.0587. The normalized spacial score (nSPS) is 36.3. The van der Waals surface area contributed by atoms with Crippen molar-refractivity contribution >= 4 is 11.8 Å². The molecule has 3 fully saturated rings. The number of rotatable bonds is 4. The molecule has 1 N–H and O–H groups in total. The molecule has 1 aliphatic heterocycles. The number of likely N-dealkylation sites (tertiary alicyclic amines) is 1. The van der Waals surface area contributed by atoms with E-state index in [9.17, 15) is 9.59 Å². The zero-order valence-electron chi connectivity index (χ0n) is 14.9. The van der Waals surface area contributed by atoms with Crippen LogP contribution in [-0.4, -0.2) is 48.6 Å². The van der Waals surface area contributed by atoms with Crippen LogP contribution in [-0.2, 0) is 14.3 Å². The maximum Gasteiger partial charge on any atom is 0.225 e. The van der Waals surface area contributed by atoms with Gasteiger partial charge in [-0.1, -0.05) is 13.8 Å². The zero-order chi connectivity index (χ0) is 16.8. The minimum atomic E-state index is -0.175. The van der Waals surface area contributed by atoms with Crippen molar-refractivity contribution in [1.29, 1.82) is 0 Å². The molecular weight excluding hydrogens is 292 g/mol. The molecule has 23 heavy (non-hydrogen) atoms. The molecule has 3 aliphatic rings. The standard InChI is InChI=1S/C18H30N2O3/c1-17(2)14(10-18(17,3)23-4)19-15(21)13-6-5-9-20(11-13)16(22)12-7-8-12/h12-14H,5-11H2,1-4H3,(H,19,21). The van der Waals surface area contributed by atoms with Crippen LogP contribution in [0.25, 0.3) is 0 Å². The third kappa shape index (κ3) is 2.88. The second-order valence-corrected chi connectivity index (χ2v) is 8.32. The number of nitrogens with one attached hydrogen (secondary N) is 1. The van der Waals surface area contributed by atoms with Gasteiger partial charge in [0.1, 0.15) is 0 Å². The van der Waals surface area contributed by atoms with Gasteiger partial charge >= 0.3 is 0 Å². The Morgan fingerprint density at radius 1 is 1.13 bits per heavy atom. The number of ether oxygens (including phenoxy) is 1. The third-order valence-corrected chi connectivity index (χ3v) is 6.63. The summed E-state index contributed by atoms with van der Waals surface area (Å²) in [6.07, 6.45) is 4.71. The zero-order valence-corrected chi connectivity index (χ0v) is 14.9. The molecule has 0 aromatic carbocycles. The summed E-state index contributed by atoms with van der Waals surface area (Å²) < 4.78 is 5.62. The highest BCUT2D eigenvalue weighted by atomic mass is 16.5. The second-order valence-electron chi connectivity index (χ2n) is 8.32. The van der Waals surface area contributed by atoms with Gasteiger partial charge in [0.05, 0.1) is 11.5 Å². The molecule has 2 saturated carbocycles. The van der Waals surface area contributed by atoms with Gasteiger partial charge in [0, 0.05) is 37.6 Å². The highest BCUT2D eigenvalue weighted by Crippen LogP contribution is 2.51. The van der Waals surface area contributed by atoms with Gasteiger partial charge in [-0.25, -0.2) is 0 Å². The Kier molecular flexibility index (Phi) is 4.20. The highest BCUT2D eigenvalue weighted by molar-refractivity contribution is 5.83. The average Bonchev–Trinajstić information content (AvgIpc) is 3.38. The van der Waals surface area contributed by atoms with Gasteiger partial charge in [0.15, 0.2) is 0 Å². The number of carbonyl (C=O) groups is 2. The van der Waals surface area contributed by atoms with E-state index in [0.29, 0.717) is 6.54 Å². The number of amides is 2. The van der Waals surface area contributed by atoms with Crippen LogP contribution in [0.5, 0.6) is 0 Å². The van der Waals surface area contributed by atoms with Crippen LogP contribution in [0.4, 0.5) is 0 Å². The average molecular weight is 322 g/mol. The lowest BCUT2D eigenvalue weighted by atomic mass is 9.55. The van der Waals surface area contributed by atoms with Crippen molar-refractivity contribution in [2.24, 2.45) is 17.3 Å². The Balaban J connectivity index is 1.55. The summed E-state index contributed by atoms with van der Waals surface area (Å²) in [6.45, 7) is 7.81. The summed E-state index contributed by atoms with van der Waals surface area (Å²) in [6, 6.07) is 0.148. The number of nitrogens with zero attached hydrogens (tertiary/aromatic N) is 1. The fraction of sp³-hybridized carbons (Fsp3) is 0.889. The van der Waals surface area contributed by atoms with Gasteiger partial charge in [-0.3, -0.25) is 9.59 Å². The fourth-order valence-corrected chi connectivity index (χ4v) is 3.99. The first-order valence-corrected chi connectivity index (χ1v) is 8.93. The van der Waals surface area contributed by atoms with Crippen LogP contribution in [0.1, 0.15) is 52.9 Å². The van der Waals surface area contributed by atoms with Gasteiger partial charge in [0.2, 0.25) is 11.8 Å². The third-order valence-electron chi connectivity index (χ3n) is 6.63. The Labute approximate surface area is 139 Å². The first-order chi connectivity index (χ1) is 10.8. The smallest absolute Gasteiger partial charge is 0.225 e. The predicted octanol–water partition coefficient (Wildman–Crippen LogP) is 1.95. The summed E-state index contributed by atoms with van der Waals surface area (Å²) in [5, 5.41) is 3.21. The lowest BCUT2D eigenvalue weighted by Crippen LogP contribution is -2.69. The molecule has 5 heteroatoms. The number of piperidine rings is 1. The van der Waals surface area contributed by atoms with E-state index < -0.39 is 0 Å². The Hall–Kier alpha value is -1.10. The second kappa shape index (κ2) is 5.76. The molecule has 0 aromatic heterocycles. The van der Waals surface area contributed by atoms with E-state index in [1.165, 1.54) is 0 Å². The van der Waals surface area contributed by atoms with Crippen LogP contribution in [0, 0.1) is 17.3 Å². The van der Waals surface area contributed by atoms with Crippen LogP contribution in [0.3, 0.4) is 0 Å². The lowest BCUT2D eigenvalue weighted by Gasteiger charge is -2.59. The molecule has 3 unspecified atom stereocenters. The summed E-state index contributed by atoms with van der Waals surface area (Å²) in [7, 11) is 1.74. The highest BCUT2D eigenvalue weighted by Gasteiger charge is 2.58. The van der Waals surface area contributed by atoms with Crippen LogP contribution in [0.15, 0.2) is 0 Å². The molecule has 130 valence electrons. The van der Waals surface area contributed by atoms with Gasteiger partial charge in [-0.15, -0.1) is 0 Å². The van der Waals surface area contributed by atoms with Gasteiger partial charge in [0.25, 0.3) is 0 Å². The molecule has 1 heterocycles. The van der Waals surface area contributed by atoms with Crippen LogP contribution >= 0.6 is 0 Å². The van der Waals surface area contributed by atoms with Crippen molar-refractivity contribution in [2.75, 3.05) is 20.2 Å². The number of hydrogen-bond acceptors (Lipinski definition) is 3. The van der Waals surface area contributed by atoms with Crippen molar-refractivity contribution in [1.82, 2.24) is 10.2 Å². The minimum Gasteiger partial charge on any atom is -0.378 e. The van der Waals surface area contributed by atoms with E-state index in [2.05, 4.69) is 26.1 Å². The molecule has 1 saturated heterocycles. The Morgan fingerprint density at radius 2 is 1.83 bits per heavy atom. The predicted molar refractivity (Wildman–Crippen MR) is 87.8 cm³/mol. The first kappa shape index (κ1) is 16.7. The Bertz CT molecular complexity index is 500. The Morgan fingerprint density at radius 3 is 2.39 bits per heavy atom. The van der Waals surface area contributed by atoms with E-state index in [0.717, 1.165) is 38.6 Å². The monoisotopic (exact) mass is 322 g/mol. The van der Waals surface area contributed by atoms with Crippen molar-refractivity contribution in [2.45, 2.75) is 64.5 Å². The molecule has 3 rings (SSSR count). The largest absolute Gasteiger partial charge is 0.378 e. The fourth-order valence-electron chi connectivity index (χ4n) is 3.99. The molecular formula is C18H30N2O3. The number of carbonyl (C=O) groups excluding carboxylic acids is 2. The molecule has 0 spiro atoms. The summed E-state index contributed by atoms with van der Waals surface area (Å²) in [5.74, 6) is 0.550. The summed E-state index contributed by atoms with van der Waals surface area (Å²) in [5.41, 5.74) is -0.249. The van der Waals surface area contributed by atoms with Crippen molar-refractivity contribution in [3.63, 3.8) is 0 Å². The molecule has 0 radical (unpaired) electrons. The van der Waals surface area contributed by atoms with Crippen LogP contribution < -0.4 is 5.32 Å². The van der Waals surface area contributed by atoms with Gasteiger partial charge in [-0.2, -0.15) is 0 Å². The van der Waals surface area contributed by atoms with Crippen molar-refractivity contribution < 1.29 is 14.3 Å². The molecule has 0 bridgehead atoms. The van der Waals surface area contributed by atoms with E-state index in [4.69, 9.17) is 4.74 Å². The topological polar surface area (TPSA) is 58.6 Å². The maximum absolute atomic E-state index is 12.7. The lowest BCUT2D eigenvalue weighted by molar-refractivity contribution is -0.183. The molecule has 5 nitrogen and oxygen atoms in total. The summed E-state index contributed by atoms with van der Waals surface area (Å²) in [4.78, 5) is 26.8. The van der Waals surface area contributed by atoms with E-state index in [-0.39, 0.29) is 40.7 Å². The van der Waals surface area contributed by atoms with Crippen LogP contribution in [0.2, 0.25) is 0 Å². The van der Waals surface area contributed by atoms with E-state index in [1.54, 1.807) is 7.11 Å². The number of methoxy groups -OCH3 is 1. The SMILES string of the molecule is COC1(C)CC(NC(=O)C2CCCN(C(=O)C3CC3)C2)C1(C)C. The van der Waals surface area contributed by atoms with E-state index in [1.807, 2.05) is 4.90 Å². The van der Waals surface area contributed by atoms with Gasteiger partial charge in [-0.05, 0) is 39.0 Å².